The molecule has 0 aliphatic rings. The van der Waals surface area contributed by atoms with E-state index < -0.39 is 0 Å². The van der Waals surface area contributed by atoms with Gasteiger partial charge in [0.25, 0.3) is 0 Å². The Bertz CT molecular complexity index is 209. The molecule has 0 heterocycles. The number of hydrogen-bond acceptors (Lipinski definition) is 0. The highest BCUT2D eigenvalue weighted by molar-refractivity contribution is 5.34. The summed E-state index contributed by atoms with van der Waals surface area (Å²) in [5, 5.41) is 0. The van der Waals surface area contributed by atoms with Crippen molar-refractivity contribution < 1.29 is 0 Å². The molecule has 0 aromatic rings. The lowest BCUT2D eigenvalue weighted by Gasteiger charge is -2.22. The van der Waals surface area contributed by atoms with Crippen LogP contribution in [0.25, 0.3) is 0 Å². The first kappa shape index (κ1) is 11.2. The van der Waals surface area contributed by atoms with E-state index in [0.29, 0.717) is 0 Å². The second-order valence-electron chi connectivity index (χ2n) is 4.05. The van der Waals surface area contributed by atoms with E-state index >= 15 is 0 Å². The van der Waals surface area contributed by atoms with Gasteiger partial charge in [0, 0.05) is 0 Å². The molecule has 0 unspecified atom stereocenters. The molecular weight excluding hydrogens is 144 g/mol. The van der Waals surface area contributed by atoms with Gasteiger partial charge in [0.2, 0.25) is 0 Å². The lowest BCUT2D eigenvalue weighted by molar-refractivity contribution is 0.513. The standard InChI is InChI=1S/C12H20/c1-7-9-11(10(3)8-2)12(4,5)6/h7-9H,2H2,1,3-6H3/b9-7-,11-10+. The summed E-state index contributed by atoms with van der Waals surface area (Å²) in [7, 11) is 0. The molecule has 0 saturated heterocycles. The molecule has 0 aromatic carbocycles. The Balaban J connectivity index is 5.05. The van der Waals surface area contributed by atoms with Crippen molar-refractivity contribution in [2.24, 2.45) is 5.41 Å². The monoisotopic (exact) mass is 164 g/mol. The normalized spacial score (nSPS) is 14.8. The molecular formula is C12H20. The summed E-state index contributed by atoms with van der Waals surface area (Å²) in [5.41, 5.74) is 2.84. The fourth-order valence-corrected chi connectivity index (χ4v) is 1.25. The van der Waals surface area contributed by atoms with Gasteiger partial charge in [-0.2, -0.15) is 0 Å². The predicted molar refractivity (Wildman–Crippen MR) is 57.2 cm³/mol. The van der Waals surface area contributed by atoms with Crippen LogP contribution in [0.15, 0.2) is 36.0 Å². The number of allylic oxidation sites excluding steroid dienone is 5. The van der Waals surface area contributed by atoms with Crippen LogP contribution in [0.4, 0.5) is 0 Å². The molecule has 0 bridgehead atoms. The van der Waals surface area contributed by atoms with Crippen molar-refractivity contribution in [1.82, 2.24) is 0 Å². The Morgan fingerprint density at radius 3 is 2.00 bits per heavy atom. The Morgan fingerprint density at radius 1 is 1.25 bits per heavy atom. The second-order valence-corrected chi connectivity index (χ2v) is 4.05. The molecule has 0 fully saturated rings. The molecule has 0 saturated carbocycles. The van der Waals surface area contributed by atoms with Crippen molar-refractivity contribution in [2.45, 2.75) is 34.6 Å². The van der Waals surface area contributed by atoms with Gasteiger partial charge in [-0.1, -0.05) is 45.6 Å². The molecule has 0 atom stereocenters. The Labute approximate surface area is 76.7 Å². The minimum Gasteiger partial charge on any atom is -0.0988 e. The molecule has 0 amide bonds. The predicted octanol–water partition coefficient (Wildman–Crippen LogP) is 4.11. The van der Waals surface area contributed by atoms with Gasteiger partial charge in [-0.25, -0.2) is 0 Å². The summed E-state index contributed by atoms with van der Waals surface area (Å²) >= 11 is 0. The largest absolute Gasteiger partial charge is 0.0988 e. The molecule has 0 spiro atoms. The van der Waals surface area contributed by atoms with Gasteiger partial charge >= 0.3 is 0 Å². The van der Waals surface area contributed by atoms with E-state index in [9.17, 15) is 0 Å². The van der Waals surface area contributed by atoms with Gasteiger partial charge in [0.1, 0.15) is 0 Å². The van der Waals surface area contributed by atoms with Crippen LogP contribution in [0.2, 0.25) is 0 Å². The van der Waals surface area contributed by atoms with Crippen LogP contribution in [-0.2, 0) is 0 Å². The van der Waals surface area contributed by atoms with Crippen LogP contribution in [0.5, 0.6) is 0 Å². The first-order chi connectivity index (χ1) is 5.43. The van der Waals surface area contributed by atoms with Crippen LogP contribution in [0.3, 0.4) is 0 Å². The van der Waals surface area contributed by atoms with Crippen molar-refractivity contribution in [1.29, 1.82) is 0 Å². The third-order valence-corrected chi connectivity index (χ3v) is 1.87. The number of hydrogen-bond donors (Lipinski definition) is 0. The van der Waals surface area contributed by atoms with Crippen LogP contribution in [0.1, 0.15) is 34.6 Å². The molecule has 0 radical (unpaired) electrons. The summed E-state index contributed by atoms with van der Waals surface area (Å²) in [6.07, 6.45) is 6.16. The molecule has 0 aromatic heterocycles. The summed E-state index contributed by atoms with van der Waals surface area (Å²) in [5.74, 6) is 0. The summed E-state index contributed by atoms with van der Waals surface area (Å²) < 4.78 is 0. The average Bonchev–Trinajstić information content (AvgIpc) is 1.96. The van der Waals surface area contributed by atoms with Gasteiger partial charge in [-0.3, -0.25) is 0 Å². The topological polar surface area (TPSA) is 0 Å². The first-order valence-electron chi connectivity index (χ1n) is 4.40. The first-order valence-corrected chi connectivity index (χ1v) is 4.40. The van der Waals surface area contributed by atoms with Gasteiger partial charge < -0.3 is 0 Å². The zero-order valence-corrected chi connectivity index (χ0v) is 8.94. The molecule has 0 nitrogen and oxygen atoms in total. The highest BCUT2D eigenvalue weighted by atomic mass is 14.2. The van der Waals surface area contributed by atoms with E-state index in [1.54, 1.807) is 0 Å². The van der Waals surface area contributed by atoms with Crippen LogP contribution in [0, 0.1) is 5.41 Å². The SMILES string of the molecule is C=C/C(C)=C(\C=C/C)C(C)(C)C. The highest BCUT2D eigenvalue weighted by Gasteiger charge is 2.15. The van der Waals surface area contributed by atoms with Crippen molar-refractivity contribution in [3.8, 4) is 0 Å². The average molecular weight is 164 g/mol. The minimum absolute atomic E-state index is 0.213. The fourth-order valence-electron chi connectivity index (χ4n) is 1.25. The van der Waals surface area contributed by atoms with Gasteiger partial charge in [-0.15, -0.1) is 0 Å². The molecule has 0 rings (SSSR count). The lowest BCUT2D eigenvalue weighted by atomic mass is 9.83. The molecule has 0 aliphatic heterocycles. The Kier molecular flexibility index (Phi) is 4.02. The van der Waals surface area contributed by atoms with E-state index in [1.807, 2.05) is 13.0 Å². The zero-order chi connectivity index (χ0) is 9.78. The molecule has 0 heteroatoms. The van der Waals surface area contributed by atoms with E-state index in [4.69, 9.17) is 0 Å². The lowest BCUT2D eigenvalue weighted by Crippen LogP contribution is -2.09. The maximum absolute atomic E-state index is 3.79. The van der Waals surface area contributed by atoms with E-state index in [2.05, 4.69) is 46.4 Å². The Morgan fingerprint density at radius 2 is 1.75 bits per heavy atom. The van der Waals surface area contributed by atoms with Gasteiger partial charge in [0.05, 0.1) is 0 Å². The molecule has 0 aliphatic carbocycles. The third kappa shape index (κ3) is 3.08. The maximum Gasteiger partial charge on any atom is -0.0129 e. The zero-order valence-electron chi connectivity index (χ0n) is 8.94. The molecule has 68 valence electrons. The maximum atomic E-state index is 3.79. The minimum atomic E-state index is 0.213. The van der Waals surface area contributed by atoms with E-state index in [1.165, 1.54) is 11.1 Å². The Hall–Kier alpha value is -0.780. The third-order valence-electron chi connectivity index (χ3n) is 1.87. The number of rotatable bonds is 2. The van der Waals surface area contributed by atoms with Crippen molar-refractivity contribution in [2.75, 3.05) is 0 Å². The van der Waals surface area contributed by atoms with Gasteiger partial charge in [-0.05, 0) is 30.4 Å². The molecule has 12 heavy (non-hydrogen) atoms. The van der Waals surface area contributed by atoms with E-state index in [-0.39, 0.29) is 5.41 Å². The summed E-state index contributed by atoms with van der Waals surface area (Å²) in [4.78, 5) is 0. The van der Waals surface area contributed by atoms with Crippen molar-refractivity contribution >= 4 is 0 Å². The highest BCUT2D eigenvalue weighted by Crippen LogP contribution is 2.29. The van der Waals surface area contributed by atoms with Crippen molar-refractivity contribution in [3.63, 3.8) is 0 Å². The summed E-state index contributed by atoms with van der Waals surface area (Å²) in [6.45, 7) is 14.6. The smallest absolute Gasteiger partial charge is 0.0129 e. The van der Waals surface area contributed by atoms with Gasteiger partial charge in [0.15, 0.2) is 0 Å². The second kappa shape index (κ2) is 4.30. The van der Waals surface area contributed by atoms with E-state index in [0.717, 1.165) is 0 Å². The quantitative estimate of drug-likeness (QED) is 0.539. The molecule has 0 N–H and O–H groups in total. The van der Waals surface area contributed by atoms with Crippen LogP contribution in [-0.4, -0.2) is 0 Å². The van der Waals surface area contributed by atoms with Crippen molar-refractivity contribution in [3.05, 3.63) is 36.0 Å². The summed E-state index contributed by atoms with van der Waals surface area (Å²) in [6, 6.07) is 0. The van der Waals surface area contributed by atoms with Crippen LogP contribution >= 0.6 is 0 Å². The fraction of sp³-hybridized carbons (Fsp3) is 0.500. The van der Waals surface area contributed by atoms with Crippen LogP contribution < -0.4 is 0 Å².